The monoisotopic (exact) mass is 653 g/mol. The molecule has 2 atom stereocenters. The maximum atomic E-state index is 13.1. The molecule has 0 spiro atoms. The number of piperidine rings is 1. The topological polar surface area (TPSA) is 97.1 Å². The van der Waals surface area contributed by atoms with Gasteiger partial charge in [-0.1, -0.05) is 6.07 Å². The highest BCUT2D eigenvalue weighted by atomic mass is 32.1. The lowest BCUT2D eigenvalue weighted by molar-refractivity contribution is -0.126. The molecule has 13 heteroatoms. The maximum absolute atomic E-state index is 13.1. The molecule has 46 heavy (non-hydrogen) atoms. The van der Waals surface area contributed by atoms with Crippen LogP contribution >= 0.6 is 11.3 Å². The number of aromatic nitrogens is 3. The van der Waals surface area contributed by atoms with E-state index in [-0.39, 0.29) is 17.0 Å². The zero-order chi connectivity index (χ0) is 32.6. The molecule has 3 N–H and O–H groups in total. The van der Waals surface area contributed by atoms with E-state index in [1.54, 1.807) is 13.1 Å². The Morgan fingerprint density at radius 1 is 1.07 bits per heavy atom. The molecule has 2 saturated heterocycles. The first-order valence-electron chi connectivity index (χ1n) is 16.1. The molecule has 0 saturated carbocycles. The number of halogens is 3. The number of aryl methyl sites for hydroxylation is 1. The van der Waals surface area contributed by atoms with Crippen molar-refractivity contribution < 1.29 is 13.2 Å². The number of nitrogens with zero attached hydrogens (tertiary/aromatic N) is 6. The second-order valence-corrected chi connectivity index (χ2v) is 13.7. The zero-order valence-corrected chi connectivity index (χ0v) is 27.7. The first kappa shape index (κ1) is 32.5. The predicted octanol–water partition coefficient (Wildman–Crippen LogP) is 5.90. The van der Waals surface area contributed by atoms with Crippen LogP contribution in [0.25, 0.3) is 21.1 Å². The summed E-state index contributed by atoms with van der Waals surface area (Å²) < 4.78 is 41.4. The van der Waals surface area contributed by atoms with Gasteiger partial charge in [-0.3, -0.25) is 9.80 Å². The van der Waals surface area contributed by atoms with Crippen LogP contribution < -0.4 is 16.0 Å². The molecule has 2 unspecified atom stereocenters. The van der Waals surface area contributed by atoms with E-state index in [1.807, 2.05) is 0 Å². The van der Waals surface area contributed by atoms with Gasteiger partial charge >= 0.3 is 6.18 Å². The molecule has 3 aromatic heterocycles. The van der Waals surface area contributed by atoms with Crippen LogP contribution in [0.5, 0.6) is 0 Å². The summed E-state index contributed by atoms with van der Waals surface area (Å²) in [5.41, 5.74) is 4.28. The summed E-state index contributed by atoms with van der Waals surface area (Å²) in [4.78, 5) is 14.7. The molecule has 6 rings (SSSR count). The van der Waals surface area contributed by atoms with Gasteiger partial charge in [0.2, 0.25) is 5.95 Å². The normalized spacial score (nSPS) is 18.6. The third-order valence-corrected chi connectivity index (χ3v) is 10.7. The summed E-state index contributed by atoms with van der Waals surface area (Å²) >= 11 is 1.06. The summed E-state index contributed by atoms with van der Waals surface area (Å²) in [6.07, 6.45) is -3.47. The van der Waals surface area contributed by atoms with Crippen molar-refractivity contribution in [3.05, 3.63) is 46.0 Å². The van der Waals surface area contributed by atoms with Crippen molar-refractivity contribution in [2.24, 2.45) is 0 Å². The number of anilines is 2. The fraction of sp³-hybridized carbons (Fsp3) is 0.545. The van der Waals surface area contributed by atoms with E-state index in [0.717, 1.165) is 80.9 Å². The molecule has 4 aromatic rings. The van der Waals surface area contributed by atoms with Crippen LogP contribution in [-0.2, 0) is 13.0 Å². The zero-order valence-electron chi connectivity index (χ0n) is 26.8. The Kier molecular flexibility index (Phi) is 9.43. The Hall–Kier alpha value is -3.44. The number of hydrogen-bond acceptors (Lipinski definition) is 9. The predicted molar refractivity (Wildman–Crippen MR) is 179 cm³/mol. The number of hydrogen-bond donors (Lipinski definition) is 3. The second-order valence-electron chi connectivity index (χ2n) is 12.6. The van der Waals surface area contributed by atoms with Gasteiger partial charge in [0.15, 0.2) is 0 Å². The highest BCUT2D eigenvalue weighted by molar-refractivity contribution is 7.18. The van der Waals surface area contributed by atoms with Gasteiger partial charge in [0.1, 0.15) is 22.4 Å². The van der Waals surface area contributed by atoms with Crippen LogP contribution in [0.4, 0.5) is 24.9 Å². The lowest BCUT2D eigenvalue weighted by Gasteiger charge is -2.37. The number of piperazine rings is 1. The van der Waals surface area contributed by atoms with Crippen LogP contribution in [-0.4, -0.2) is 88.9 Å². The van der Waals surface area contributed by atoms with E-state index in [1.165, 1.54) is 11.1 Å². The summed E-state index contributed by atoms with van der Waals surface area (Å²) in [7, 11) is 1.71. The van der Waals surface area contributed by atoms with Gasteiger partial charge in [0.25, 0.3) is 0 Å². The fourth-order valence-electron chi connectivity index (χ4n) is 6.94. The molecule has 9 nitrogen and oxygen atoms in total. The van der Waals surface area contributed by atoms with E-state index in [0.29, 0.717) is 33.7 Å². The molecular formula is C33H42F3N9S. The minimum Gasteiger partial charge on any atom is -0.367 e. The van der Waals surface area contributed by atoms with E-state index in [2.05, 4.69) is 85.3 Å². The Bertz CT molecular complexity index is 1730. The molecule has 1 aromatic carbocycles. The number of benzene rings is 1. The van der Waals surface area contributed by atoms with Gasteiger partial charge in [-0.05, 0) is 62.9 Å². The number of alkyl halides is 3. The maximum Gasteiger partial charge on any atom is 0.393 e. The standard InChI is InChI=1S/C33H42F3N9S/c1-20-23(5-6-29-27(20)15-25(18-37)45(29)22(3)21(2)44-13-9-39-10-14-44)19-43-11-7-24(8-12-43)40-30-28-16-26(17-33(34,35)36)46-31(28)42-32(38-4)41-30/h5-6,15-16,21-22,24,39H,7-14,17,19H2,1-4H3,(H2,38,40,41,42). The number of likely N-dealkylation sites (tertiary alicyclic amines) is 1. The van der Waals surface area contributed by atoms with Gasteiger partial charge in [0.05, 0.1) is 11.8 Å². The highest BCUT2D eigenvalue weighted by Gasteiger charge is 2.30. The van der Waals surface area contributed by atoms with Crippen LogP contribution in [0.3, 0.4) is 0 Å². The molecule has 0 bridgehead atoms. The summed E-state index contributed by atoms with van der Waals surface area (Å²) in [5.74, 6) is 0.969. The average Bonchev–Trinajstić information content (AvgIpc) is 3.63. The number of nitrogens with one attached hydrogen (secondary N) is 3. The first-order valence-corrected chi connectivity index (χ1v) is 16.9. The quantitative estimate of drug-likeness (QED) is 0.206. The van der Waals surface area contributed by atoms with Crippen LogP contribution in [0, 0.1) is 18.3 Å². The molecule has 0 amide bonds. The smallest absolute Gasteiger partial charge is 0.367 e. The van der Waals surface area contributed by atoms with Crippen LogP contribution in [0.2, 0.25) is 0 Å². The molecule has 0 aliphatic carbocycles. The Morgan fingerprint density at radius 2 is 1.80 bits per heavy atom. The first-order chi connectivity index (χ1) is 22.0. The van der Waals surface area contributed by atoms with Crippen molar-refractivity contribution in [2.75, 3.05) is 56.9 Å². The van der Waals surface area contributed by atoms with E-state index in [9.17, 15) is 18.4 Å². The van der Waals surface area contributed by atoms with Crippen molar-refractivity contribution in [2.45, 2.75) is 70.9 Å². The summed E-state index contributed by atoms with van der Waals surface area (Å²) in [6.45, 7) is 13.3. The lowest BCUT2D eigenvalue weighted by Crippen LogP contribution is -2.49. The Labute approximate surface area is 271 Å². The fourth-order valence-corrected chi connectivity index (χ4v) is 8.00. The molecule has 2 aliphatic heterocycles. The van der Waals surface area contributed by atoms with Gasteiger partial charge in [0, 0.05) is 86.8 Å². The SMILES string of the molecule is CNc1nc(NC2CCN(Cc3ccc4c(cc(C#N)n4C(C)C(C)N4CCNCC4)c3C)CC2)c2cc(CC(F)(F)F)sc2n1. The molecule has 5 heterocycles. The third-order valence-electron chi connectivity index (χ3n) is 9.72. The van der Waals surface area contributed by atoms with E-state index in [4.69, 9.17) is 0 Å². The van der Waals surface area contributed by atoms with E-state index >= 15 is 0 Å². The minimum absolute atomic E-state index is 0.153. The third kappa shape index (κ3) is 6.81. The molecule has 2 aliphatic rings. The van der Waals surface area contributed by atoms with Crippen molar-refractivity contribution >= 4 is 44.2 Å². The number of fused-ring (bicyclic) bond motifs is 2. The lowest BCUT2D eigenvalue weighted by atomic mass is 10.0. The number of rotatable bonds is 9. The van der Waals surface area contributed by atoms with Crippen molar-refractivity contribution in [3.8, 4) is 6.07 Å². The summed E-state index contributed by atoms with van der Waals surface area (Å²) in [5, 5.41) is 21.7. The number of thiophene rings is 1. The van der Waals surface area contributed by atoms with Gasteiger partial charge < -0.3 is 20.5 Å². The van der Waals surface area contributed by atoms with Crippen molar-refractivity contribution in [1.82, 2.24) is 29.7 Å². The number of nitriles is 1. The molecule has 2 fully saturated rings. The highest BCUT2D eigenvalue weighted by Crippen LogP contribution is 2.35. The Balaban J connectivity index is 1.14. The molecule has 246 valence electrons. The second kappa shape index (κ2) is 13.4. The summed E-state index contributed by atoms with van der Waals surface area (Å²) in [6, 6.07) is 11.1. The van der Waals surface area contributed by atoms with Crippen LogP contribution in [0.15, 0.2) is 24.3 Å². The van der Waals surface area contributed by atoms with Crippen molar-refractivity contribution in [1.29, 1.82) is 5.26 Å². The van der Waals surface area contributed by atoms with Gasteiger partial charge in [-0.25, -0.2) is 4.98 Å². The molecular weight excluding hydrogens is 611 g/mol. The van der Waals surface area contributed by atoms with Gasteiger partial charge in [-0.2, -0.15) is 23.4 Å². The average molecular weight is 654 g/mol. The minimum atomic E-state index is -4.27. The van der Waals surface area contributed by atoms with E-state index < -0.39 is 12.6 Å². The molecule has 0 radical (unpaired) electrons. The van der Waals surface area contributed by atoms with Gasteiger partial charge in [-0.15, -0.1) is 11.3 Å². The van der Waals surface area contributed by atoms with Crippen molar-refractivity contribution in [3.63, 3.8) is 0 Å². The largest absolute Gasteiger partial charge is 0.393 e. The van der Waals surface area contributed by atoms with Crippen LogP contribution in [0.1, 0.15) is 54.4 Å². The Morgan fingerprint density at radius 3 is 2.48 bits per heavy atom.